The summed E-state index contributed by atoms with van der Waals surface area (Å²) in [5, 5.41) is 18.9. The van der Waals surface area contributed by atoms with Crippen LogP contribution in [0.2, 0.25) is 5.02 Å². The molecule has 1 saturated heterocycles. The second-order valence-electron chi connectivity index (χ2n) is 4.10. The Hall–Kier alpha value is -0.750. The van der Waals surface area contributed by atoms with Crippen molar-refractivity contribution in [2.75, 3.05) is 18.9 Å². The van der Waals surface area contributed by atoms with Gasteiger partial charge in [0.1, 0.15) is 5.37 Å². The van der Waals surface area contributed by atoms with E-state index in [0.29, 0.717) is 10.8 Å². The SMILES string of the molecule is O=C1CSC(c2ccc(Cl)cc2)N1CC(O)CO. The summed E-state index contributed by atoms with van der Waals surface area (Å²) < 4.78 is 0. The molecule has 1 aliphatic rings. The van der Waals surface area contributed by atoms with Crippen LogP contribution in [0.15, 0.2) is 24.3 Å². The number of halogens is 1. The number of aliphatic hydroxyl groups excluding tert-OH is 2. The Bertz CT molecular complexity index is 426. The molecule has 2 atom stereocenters. The Kier molecular flexibility index (Phi) is 4.50. The molecule has 0 saturated carbocycles. The first-order valence-electron chi connectivity index (χ1n) is 5.57. The molecular formula is C12H14ClNO3S. The summed E-state index contributed by atoms with van der Waals surface area (Å²) in [6.45, 7) is -0.197. The monoisotopic (exact) mass is 287 g/mol. The zero-order chi connectivity index (χ0) is 13.1. The normalized spacial score (nSPS) is 21.4. The molecule has 2 unspecified atom stereocenters. The lowest BCUT2D eigenvalue weighted by molar-refractivity contribution is -0.129. The highest BCUT2D eigenvalue weighted by Gasteiger charge is 2.33. The van der Waals surface area contributed by atoms with E-state index in [0.717, 1.165) is 5.56 Å². The highest BCUT2D eigenvalue weighted by atomic mass is 35.5. The molecule has 1 fully saturated rings. The lowest BCUT2D eigenvalue weighted by Gasteiger charge is -2.26. The third-order valence-electron chi connectivity index (χ3n) is 2.74. The standard InChI is InChI=1S/C12H14ClNO3S/c13-9-3-1-8(2-4-9)12-14(5-10(16)6-15)11(17)7-18-12/h1-4,10,12,15-16H,5-7H2. The molecule has 2 rings (SSSR count). The summed E-state index contributed by atoms with van der Waals surface area (Å²) in [6, 6.07) is 7.30. The first-order valence-corrected chi connectivity index (χ1v) is 7.00. The number of thioether (sulfide) groups is 1. The maximum absolute atomic E-state index is 11.8. The minimum Gasteiger partial charge on any atom is -0.394 e. The molecule has 0 radical (unpaired) electrons. The largest absolute Gasteiger partial charge is 0.394 e. The van der Waals surface area contributed by atoms with Gasteiger partial charge in [-0.2, -0.15) is 0 Å². The van der Waals surface area contributed by atoms with Gasteiger partial charge in [0.15, 0.2) is 0 Å². The van der Waals surface area contributed by atoms with Crippen LogP contribution in [-0.4, -0.2) is 46.0 Å². The van der Waals surface area contributed by atoms with E-state index in [2.05, 4.69) is 0 Å². The first kappa shape index (κ1) is 13.7. The number of aliphatic hydroxyl groups is 2. The lowest BCUT2D eigenvalue weighted by Crippen LogP contribution is -2.37. The molecule has 0 bridgehead atoms. The maximum Gasteiger partial charge on any atom is 0.233 e. The van der Waals surface area contributed by atoms with Crippen LogP contribution in [0.1, 0.15) is 10.9 Å². The molecule has 1 amide bonds. The Morgan fingerprint density at radius 1 is 1.44 bits per heavy atom. The number of β-amino-alcohol motifs (C(OH)–C–C–N with tert-alkyl or cyclic N) is 1. The third kappa shape index (κ3) is 2.98. The molecule has 1 heterocycles. The number of nitrogens with zero attached hydrogens (tertiary/aromatic N) is 1. The molecule has 0 aromatic heterocycles. The predicted octanol–water partition coefficient (Wildman–Crippen LogP) is 1.27. The van der Waals surface area contributed by atoms with Crippen LogP contribution in [-0.2, 0) is 4.79 Å². The van der Waals surface area contributed by atoms with Crippen LogP contribution < -0.4 is 0 Å². The van der Waals surface area contributed by atoms with Crippen molar-refractivity contribution in [3.05, 3.63) is 34.9 Å². The van der Waals surface area contributed by atoms with Crippen LogP contribution in [0.4, 0.5) is 0 Å². The molecular weight excluding hydrogens is 274 g/mol. The fourth-order valence-corrected chi connectivity index (χ4v) is 3.17. The van der Waals surface area contributed by atoms with Gasteiger partial charge in [-0.25, -0.2) is 0 Å². The van der Waals surface area contributed by atoms with Gasteiger partial charge in [0.2, 0.25) is 5.91 Å². The number of carbonyl (C=O) groups is 1. The average molecular weight is 288 g/mol. The van der Waals surface area contributed by atoms with Gasteiger partial charge in [-0.3, -0.25) is 4.79 Å². The summed E-state index contributed by atoms with van der Waals surface area (Å²) in [7, 11) is 0. The second kappa shape index (κ2) is 5.93. The van der Waals surface area contributed by atoms with Crippen LogP contribution >= 0.6 is 23.4 Å². The van der Waals surface area contributed by atoms with Gasteiger partial charge < -0.3 is 15.1 Å². The average Bonchev–Trinajstić information content (AvgIpc) is 2.72. The quantitative estimate of drug-likeness (QED) is 0.875. The summed E-state index contributed by atoms with van der Waals surface area (Å²) in [4.78, 5) is 13.4. The minimum atomic E-state index is -0.901. The number of hydrogen-bond acceptors (Lipinski definition) is 4. The van der Waals surface area contributed by atoms with Crippen molar-refractivity contribution in [2.24, 2.45) is 0 Å². The van der Waals surface area contributed by atoms with Gasteiger partial charge in [0.25, 0.3) is 0 Å². The van der Waals surface area contributed by atoms with Crippen molar-refractivity contribution in [3.63, 3.8) is 0 Å². The number of rotatable bonds is 4. The van der Waals surface area contributed by atoms with E-state index in [1.807, 2.05) is 12.1 Å². The van der Waals surface area contributed by atoms with Gasteiger partial charge in [0, 0.05) is 5.02 Å². The fourth-order valence-electron chi connectivity index (χ4n) is 1.84. The molecule has 1 aliphatic heterocycles. The van der Waals surface area contributed by atoms with Gasteiger partial charge in [0.05, 0.1) is 25.0 Å². The molecule has 18 heavy (non-hydrogen) atoms. The van der Waals surface area contributed by atoms with Gasteiger partial charge in [-0.1, -0.05) is 23.7 Å². The maximum atomic E-state index is 11.8. The Morgan fingerprint density at radius 3 is 2.72 bits per heavy atom. The molecule has 6 heteroatoms. The molecule has 1 aromatic carbocycles. The van der Waals surface area contributed by atoms with E-state index < -0.39 is 6.10 Å². The van der Waals surface area contributed by atoms with E-state index in [4.69, 9.17) is 16.7 Å². The Balaban J connectivity index is 2.15. The molecule has 0 spiro atoms. The predicted molar refractivity (Wildman–Crippen MR) is 71.5 cm³/mol. The molecule has 2 N–H and O–H groups in total. The van der Waals surface area contributed by atoms with E-state index >= 15 is 0 Å². The number of hydrogen-bond donors (Lipinski definition) is 2. The summed E-state index contributed by atoms with van der Waals surface area (Å²) >= 11 is 7.34. The van der Waals surface area contributed by atoms with Crippen molar-refractivity contribution in [3.8, 4) is 0 Å². The minimum absolute atomic E-state index is 0.0209. The van der Waals surface area contributed by atoms with Crippen molar-refractivity contribution >= 4 is 29.3 Å². The van der Waals surface area contributed by atoms with Crippen molar-refractivity contribution in [1.82, 2.24) is 4.90 Å². The Labute approximate surface area is 115 Å². The fraction of sp³-hybridized carbons (Fsp3) is 0.417. The van der Waals surface area contributed by atoms with Crippen LogP contribution in [0, 0.1) is 0 Å². The molecule has 4 nitrogen and oxygen atoms in total. The highest BCUT2D eigenvalue weighted by molar-refractivity contribution is 8.00. The smallest absolute Gasteiger partial charge is 0.233 e. The Morgan fingerprint density at radius 2 is 2.11 bits per heavy atom. The van der Waals surface area contributed by atoms with E-state index in [9.17, 15) is 9.90 Å². The van der Waals surface area contributed by atoms with Crippen molar-refractivity contribution in [1.29, 1.82) is 0 Å². The van der Waals surface area contributed by atoms with Crippen molar-refractivity contribution in [2.45, 2.75) is 11.5 Å². The van der Waals surface area contributed by atoms with Crippen molar-refractivity contribution < 1.29 is 15.0 Å². The summed E-state index contributed by atoms with van der Waals surface area (Å²) in [5.41, 5.74) is 0.973. The van der Waals surface area contributed by atoms with Gasteiger partial charge >= 0.3 is 0 Å². The molecule has 0 aliphatic carbocycles. The lowest BCUT2D eigenvalue weighted by atomic mass is 10.2. The van der Waals surface area contributed by atoms with Crippen LogP contribution in [0.3, 0.4) is 0 Å². The van der Waals surface area contributed by atoms with Crippen LogP contribution in [0.5, 0.6) is 0 Å². The molecule has 1 aromatic rings. The zero-order valence-electron chi connectivity index (χ0n) is 9.62. The summed E-state index contributed by atoms with van der Waals surface area (Å²) in [6.07, 6.45) is -0.901. The van der Waals surface area contributed by atoms with E-state index in [-0.39, 0.29) is 24.4 Å². The second-order valence-corrected chi connectivity index (χ2v) is 5.60. The number of carbonyl (C=O) groups excluding carboxylic acids is 1. The number of amides is 1. The topological polar surface area (TPSA) is 60.8 Å². The van der Waals surface area contributed by atoms with E-state index in [1.54, 1.807) is 17.0 Å². The zero-order valence-corrected chi connectivity index (χ0v) is 11.2. The summed E-state index contributed by atoms with van der Waals surface area (Å²) in [5.74, 6) is 0.373. The highest BCUT2D eigenvalue weighted by Crippen LogP contribution is 2.38. The first-order chi connectivity index (χ1) is 8.61. The molecule has 98 valence electrons. The van der Waals surface area contributed by atoms with Gasteiger partial charge in [-0.05, 0) is 17.7 Å². The van der Waals surface area contributed by atoms with Gasteiger partial charge in [-0.15, -0.1) is 11.8 Å². The number of benzene rings is 1. The van der Waals surface area contributed by atoms with Crippen LogP contribution in [0.25, 0.3) is 0 Å². The van der Waals surface area contributed by atoms with E-state index in [1.165, 1.54) is 11.8 Å². The third-order valence-corrected chi connectivity index (χ3v) is 4.25.